The largest absolute Gasteiger partial charge is 0.355 e. The van der Waals surface area contributed by atoms with E-state index >= 15 is 0 Å². The summed E-state index contributed by atoms with van der Waals surface area (Å²) in [5.74, 6) is -0.226. The number of rotatable bonds is 9. The lowest BCUT2D eigenvalue weighted by Crippen LogP contribution is -2.49. The Kier molecular flexibility index (Phi) is 8.81. The molecule has 0 spiro atoms. The highest BCUT2D eigenvalue weighted by Gasteiger charge is 2.28. The molecule has 0 saturated carbocycles. The zero-order chi connectivity index (χ0) is 20.5. The molecule has 0 aliphatic carbocycles. The Morgan fingerprint density at radius 3 is 2.39 bits per heavy atom. The van der Waals surface area contributed by atoms with E-state index in [-0.39, 0.29) is 18.4 Å². The summed E-state index contributed by atoms with van der Waals surface area (Å²) in [5.41, 5.74) is 1.85. The van der Waals surface area contributed by atoms with Crippen LogP contribution in [0.4, 0.5) is 0 Å². The first kappa shape index (κ1) is 22.3. The van der Waals surface area contributed by atoms with Gasteiger partial charge in [0.1, 0.15) is 6.04 Å². The van der Waals surface area contributed by atoms with Crippen LogP contribution in [0.2, 0.25) is 10.0 Å². The van der Waals surface area contributed by atoms with Gasteiger partial charge < -0.3 is 10.2 Å². The SMILES string of the molecule is CCNC(=O)[C@@H](CC)N(Cc1ccc(Cl)cc1Cl)C(=O)CCc1ccccc1. The minimum Gasteiger partial charge on any atom is -0.355 e. The van der Waals surface area contributed by atoms with E-state index in [9.17, 15) is 9.59 Å². The predicted octanol–water partition coefficient (Wildman–Crippen LogP) is 4.87. The van der Waals surface area contributed by atoms with Crippen molar-refractivity contribution in [3.05, 3.63) is 69.7 Å². The van der Waals surface area contributed by atoms with E-state index in [1.165, 1.54) is 0 Å². The summed E-state index contributed by atoms with van der Waals surface area (Å²) in [6.07, 6.45) is 1.47. The van der Waals surface area contributed by atoms with Crippen LogP contribution in [0.15, 0.2) is 48.5 Å². The normalized spacial score (nSPS) is 11.7. The highest BCUT2D eigenvalue weighted by atomic mass is 35.5. The molecule has 2 rings (SSSR count). The van der Waals surface area contributed by atoms with E-state index in [1.54, 1.807) is 23.1 Å². The zero-order valence-corrected chi connectivity index (χ0v) is 17.8. The van der Waals surface area contributed by atoms with Crippen molar-refractivity contribution in [3.63, 3.8) is 0 Å². The molecule has 150 valence electrons. The summed E-state index contributed by atoms with van der Waals surface area (Å²) in [6.45, 7) is 4.55. The van der Waals surface area contributed by atoms with Gasteiger partial charge in [0.2, 0.25) is 11.8 Å². The number of aryl methyl sites for hydroxylation is 1. The molecule has 2 aromatic rings. The van der Waals surface area contributed by atoms with Crippen molar-refractivity contribution in [2.75, 3.05) is 6.54 Å². The van der Waals surface area contributed by atoms with Crippen LogP contribution in [-0.2, 0) is 22.6 Å². The van der Waals surface area contributed by atoms with Crippen molar-refractivity contribution in [1.29, 1.82) is 0 Å². The number of halogens is 2. The summed E-state index contributed by atoms with van der Waals surface area (Å²) < 4.78 is 0. The Bertz CT molecular complexity index is 796. The lowest BCUT2D eigenvalue weighted by atomic mass is 10.1. The first-order chi connectivity index (χ1) is 13.5. The molecule has 0 heterocycles. The van der Waals surface area contributed by atoms with Crippen molar-refractivity contribution >= 4 is 35.0 Å². The minimum absolute atomic E-state index is 0.0760. The molecular formula is C22H26Cl2N2O2. The monoisotopic (exact) mass is 420 g/mol. The molecule has 2 amide bonds. The highest BCUT2D eigenvalue weighted by Crippen LogP contribution is 2.24. The highest BCUT2D eigenvalue weighted by molar-refractivity contribution is 6.35. The molecular weight excluding hydrogens is 395 g/mol. The number of benzene rings is 2. The number of carbonyl (C=O) groups excluding carboxylic acids is 2. The Labute approximate surface area is 176 Å². The van der Waals surface area contributed by atoms with Gasteiger partial charge in [0.05, 0.1) is 0 Å². The third-order valence-electron chi connectivity index (χ3n) is 4.56. The lowest BCUT2D eigenvalue weighted by Gasteiger charge is -2.31. The van der Waals surface area contributed by atoms with E-state index in [4.69, 9.17) is 23.2 Å². The zero-order valence-electron chi connectivity index (χ0n) is 16.3. The van der Waals surface area contributed by atoms with Gasteiger partial charge >= 0.3 is 0 Å². The molecule has 0 radical (unpaired) electrons. The predicted molar refractivity (Wildman–Crippen MR) is 115 cm³/mol. The number of nitrogens with one attached hydrogen (secondary N) is 1. The number of nitrogens with zero attached hydrogens (tertiary/aromatic N) is 1. The van der Waals surface area contributed by atoms with E-state index in [2.05, 4.69) is 5.32 Å². The number of amides is 2. The number of carbonyl (C=O) groups is 2. The maximum absolute atomic E-state index is 13.1. The van der Waals surface area contributed by atoms with Crippen molar-refractivity contribution in [1.82, 2.24) is 10.2 Å². The Morgan fingerprint density at radius 1 is 1.07 bits per heavy atom. The van der Waals surface area contributed by atoms with Crippen LogP contribution >= 0.6 is 23.2 Å². The number of hydrogen-bond donors (Lipinski definition) is 1. The molecule has 1 N–H and O–H groups in total. The van der Waals surface area contributed by atoms with Crippen LogP contribution < -0.4 is 5.32 Å². The minimum atomic E-state index is -0.546. The second-order valence-corrected chi connectivity index (χ2v) is 7.41. The Hall–Kier alpha value is -2.04. The smallest absolute Gasteiger partial charge is 0.242 e. The molecule has 0 unspecified atom stereocenters. The van der Waals surface area contributed by atoms with Gasteiger partial charge in [0.15, 0.2) is 0 Å². The summed E-state index contributed by atoms with van der Waals surface area (Å²) in [7, 11) is 0. The van der Waals surface area contributed by atoms with Gasteiger partial charge in [0.25, 0.3) is 0 Å². The Morgan fingerprint density at radius 2 is 1.79 bits per heavy atom. The molecule has 28 heavy (non-hydrogen) atoms. The van der Waals surface area contributed by atoms with Gasteiger partial charge in [-0.2, -0.15) is 0 Å². The third kappa shape index (κ3) is 6.25. The topological polar surface area (TPSA) is 49.4 Å². The molecule has 4 nitrogen and oxygen atoms in total. The second kappa shape index (κ2) is 11.1. The van der Waals surface area contributed by atoms with Gasteiger partial charge in [0, 0.05) is 29.6 Å². The van der Waals surface area contributed by atoms with E-state index in [0.29, 0.717) is 35.9 Å². The molecule has 2 aromatic carbocycles. The molecule has 0 aliphatic heterocycles. The molecule has 0 fully saturated rings. The standard InChI is InChI=1S/C22H26Cl2N2O2/c1-3-20(22(28)25-4-2)26(15-17-11-12-18(23)14-19(17)24)21(27)13-10-16-8-6-5-7-9-16/h5-9,11-12,14,20H,3-4,10,13,15H2,1-2H3,(H,25,28)/t20-/m1/s1. The first-order valence-electron chi connectivity index (χ1n) is 9.51. The lowest BCUT2D eigenvalue weighted by molar-refractivity contribution is -0.141. The average molecular weight is 421 g/mol. The van der Waals surface area contributed by atoms with Gasteiger partial charge in [-0.25, -0.2) is 0 Å². The van der Waals surface area contributed by atoms with Gasteiger partial charge in [-0.1, -0.05) is 66.5 Å². The third-order valence-corrected chi connectivity index (χ3v) is 5.15. The van der Waals surface area contributed by atoms with E-state index < -0.39 is 6.04 Å². The van der Waals surface area contributed by atoms with Crippen molar-refractivity contribution < 1.29 is 9.59 Å². The maximum atomic E-state index is 13.1. The first-order valence-corrected chi connectivity index (χ1v) is 10.3. The van der Waals surface area contributed by atoms with E-state index in [1.807, 2.05) is 44.2 Å². The van der Waals surface area contributed by atoms with Gasteiger partial charge in [-0.05, 0) is 43.0 Å². The summed E-state index contributed by atoms with van der Waals surface area (Å²) in [4.78, 5) is 27.3. The van der Waals surface area contributed by atoms with Crippen LogP contribution in [0.3, 0.4) is 0 Å². The summed E-state index contributed by atoms with van der Waals surface area (Å²) in [5, 5.41) is 3.85. The quantitative estimate of drug-likeness (QED) is 0.628. The summed E-state index contributed by atoms with van der Waals surface area (Å²) in [6, 6.07) is 14.5. The summed E-state index contributed by atoms with van der Waals surface area (Å²) >= 11 is 12.3. The van der Waals surface area contributed by atoms with Gasteiger partial charge in [-0.3, -0.25) is 9.59 Å². The molecule has 6 heteroatoms. The van der Waals surface area contributed by atoms with Crippen molar-refractivity contribution in [2.45, 2.75) is 45.7 Å². The fourth-order valence-electron chi connectivity index (χ4n) is 3.08. The Balaban J connectivity index is 2.23. The second-order valence-electron chi connectivity index (χ2n) is 6.56. The van der Waals surface area contributed by atoms with Crippen molar-refractivity contribution in [3.8, 4) is 0 Å². The number of likely N-dealkylation sites (N-methyl/N-ethyl adjacent to an activating group) is 1. The van der Waals surface area contributed by atoms with E-state index in [0.717, 1.165) is 11.1 Å². The number of hydrogen-bond acceptors (Lipinski definition) is 2. The fraction of sp³-hybridized carbons (Fsp3) is 0.364. The van der Waals surface area contributed by atoms with Crippen LogP contribution in [0.25, 0.3) is 0 Å². The molecule has 0 aromatic heterocycles. The van der Waals surface area contributed by atoms with Crippen molar-refractivity contribution in [2.24, 2.45) is 0 Å². The molecule has 0 saturated heterocycles. The van der Waals surface area contributed by atoms with Crippen LogP contribution in [0.5, 0.6) is 0 Å². The van der Waals surface area contributed by atoms with Gasteiger partial charge in [-0.15, -0.1) is 0 Å². The fourth-order valence-corrected chi connectivity index (χ4v) is 3.55. The van der Waals surface area contributed by atoms with Crippen LogP contribution in [-0.4, -0.2) is 29.3 Å². The molecule has 0 bridgehead atoms. The van der Waals surface area contributed by atoms with Crippen LogP contribution in [0.1, 0.15) is 37.8 Å². The molecule has 1 atom stereocenters. The molecule has 0 aliphatic rings. The van der Waals surface area contributed by atoms with Crippen LogP contribution in [0, 0.1) is 0 Å². The average Bonchev–Trinajstić information content (AvgIpc) is 2.68. The maximum Gasteiger partial charge on any atom is 0.242 e.